The Labute approximate surface area is 248 Å². The Kier molecular flexibility index (Phi) is 6.40. The first-order valence-corrected chi connectivity index (χ1v) is 15.9. The molecule has 3 aliphatic carbocycles. The Morgan fingerprint density at radius 2 is 1.74 bits per heavy atom. The van der Waals surface area contributed by atoms with Crippen molar-refractivity contribution in [1.82, 2.24) is 28.6 Å². The van der Waals surface area contributed by atoms with Crippen molar-refractivity contribution in [1.29, 1.82) is 0 Å². The largest absolute Gasteiger partial charge is 0.453 e. The minimum atomic E-state index is -3.19. The number of hydrogen-bond acceptors (Lipinski definition) is 8. The number of fused-ring (bicyclic) bond motifs is 1. The molecule has 3 saturated carbocycles. The van der Waals surface area contributed by atoms with Crippen molar-refractivity contribution in [3.63, 3.8) is 0 Å². The highest BCUT2D eigenvalue weighted by molar-refractivity contribution is 7.90. The number of aromatic nitrogens is 5. The molecule has 0 radical (unpaired) electrons. The topological polar surface area (TPSA) is 154 Å². The lowest BCUT2D eigenvalue weighted by Crippen LogP contribution is -2.57. The lowest BCUT2D eigenvalue weighted by atomic mass is 9.52. The van der Waals surface area contributed by atoms with Gasteiger partial charge >= 0.3 is 11.8 Å². The molecular formula is C29H34N8O5S. The van der Waals surface area contributed by atoms with E-state index in [4.69, 9.17) is 4.74 Å². The van der Waals surface area contributed by atoms with Crippen LogP contribution in [-0.4, -0.2) is 56.8 Å². The highest BCUT2D eigenvalue weighted by Gasteiger charge is 2.55. The highest BCUT2D eigenvalue weighted by Crippen LogP contribution is 2.60. The van der Waals surface area contributed by atoms with Gasteiger partial charge in [-0.15, -0.1) is 0 Å². The summed E-state index contributed by atoms with van der Waals surface area (Å²) in [6.07, 6.45) is 9.56. The fourth-order valence-corrected chi connectivity index (χ4v) is 8.32. The minimum absolute atomic E-state index is 0.00298. The maximum Gasteiger partial charge on any atom is 0.411 e. The first-order valence-electron chi connectivity index (χ1n) is 14.4. The van der Waals surface area contributed by atoms with Gasteiger partial charge in [-0.3, -0.25) is 19.1 Å². The zero-order valence-electron chi connectivity index (χ0n) is 24.2. The second-order valence-electron chi connectivity index (χ2n) is 12.2. The van der Waals surface area contributed by atoms with E-state index in [-0.39, 0.29) is 28.4 Å². The lowest BCUT2D eigenvalue weighted by molar-refractivity contribution is -0.0364. The molecule has 3 aromatic heterocycles. The minimum Gasteiger partial charge on any atom is -0.453 e. The van der Waals surface area contributed by atoms with Crippen LogP contribution in [0.4, 0.5) is 22.0 Å². The zero-order valence-corrected chi connectivity index (χ0v) is 25.0. The van der Waals surface area contributed by atoms with Crippen LogP contribution in [0.5, 0.6) is 0 Å². The van der Waals surface area contributed by atoms with Gasteiger partial charge in [-0.1, -0.05) is 0 Å². The molecule has 4 aromatic rings. The summed E-state index contributed by atoms with van der Waals surface area (Å²) in [5.41, 5.74) is 4.43. The van der Waals surface area contributed by atoms with E-state index in [1.165, 1.54) is 7.11 Å². The summed E-state index contributed by atoms with van der Waals surface area (Å²) in [6.45, 7) is 0. The van der Waals surface area contributed by atoms with Gasteiger partial charge in [-0.2, -0.15) is 5.10 Å². The molecular weight excluding hydrogens is 572 g/mol. The fourth-order valence-electron chi connectivity index (χ4n) is 6.74. The number of carbonyl (C=O) groups is 1. The Morgan fingerprint density at radius 1 is 1.00 bits per heavy atom. The number of nitrogens with zero attached hydrogens (tertiary/aromatic N) is 5. The van der Waals surface area contributed by atoms with Crippen molar-refractivity contribution in [3.8, 4) is 11.1 Å². The number of pyridine rings is 1. The van der Waals surface area contributed by atoms with Crippen LogP contribution in [0.15, 0.2) is 47.7 Å². The van der Waals surface area contributed by atoms with E-state index >= 15 is 0 Å². The summed E-state index contributed by atoms with van der Waals surface area (Å²) in [5, 5.41) is 10.1. The number of carbonyl (C=O) groups excluding carboxylic acids is 1. The molecule has 1 spiro atoms. The van der Waals surface area contributed by atoms with Gasteiger partial charge in [0.15, 0.2) is 0 Å². The van der Waals surface area contributed by atoms with Crippen molar-refractivity contribution in [2.24, 2.45) is 19.5 Å². The van der Waals surface area contributed by atoms with E-state index in [0.29, 0.717) is 17.2 Å². The molecule has 0 saturated heterocycles. The van der Waals surface area contributed by atoms with Gasteiger partial charge in [0.2, 0.25) is 10.0 Å². The van der Waals surface area contributed by atoms with Crippen LogP contribution in [0.2, 0.25) is 0 Å². The number of sulfonamides is 1. The van der Waals surface area contributed by atoms with Crippen molar-refractivity contribution >= 4 is 44.3 Å². The van der Waals surface area contributed by atoms with E-state index in [9.17, 15) is 18.0 Å². The van der Waals surface area contributed by atoms with E-state index in [0.717, 1.165) is 60.7 Å². The van der Waals surface area contributed by atoms with Gasteiger partial charge in [0.1, 0.15) is 5.82 Å². The number of nitrogens with one attached hydrogen (secondary N) is 3. The fraction of sp³-hybridized carbons (Fsp3) is 0.448. The number of methoxy groups -OCH3 is 1. The van der Waals surface area contributed by atoms with Gasteiger partial charge in [-0.25, -0.2) is 27.7 Å². The van der Waals surface area contributed by atoms with Crippen molar-refractivity contribution in [2.75, 3.05) is 17.7 Å². The molecule has 226 valence electrons. The predicted molar refractivity (Wildman–Crippen MR) is 162 cm³/mol. The van der Waals surface area contributed by atoms with Gasteiger partial charge in [-0.05, 0) is 67.7 Å². The van der Waals surface area contributed by atoms with Crippen LogP contribution in [0.1, 0.15) is 44.6 Å². The van der Waals surface area contributed by atoms with Gasteiger partial charge < -0.3 is 10.1 Å². The van der Waals surface area contributed by atoms with Crippen molar-refractivity contribution in [2.45, 2.75) is 55.9 Å². The molecule has 3 aliphatic rings. The van der Waals surface area contributed by atoms with E-state index < -0.39 is 16.1 Å². The van der Waals surface area contributed by atoms with Gasteiger partial charge in [0, 0.05) is 55.4 Å². The Morgan fingerprint density at radius 3 is 2.42 bits per heavy atom. The number of benzene rings is 1. The van der Waals surface area contributed by atoms with Crippen molar-refractivity contribution < 1.29 is 17.9 Å². The number of hydrogen-bond donors (Lipinski definition) is 3. The monoisotopic (exact) mass is 606 g/mol. The third-order valence-electron chi connectivity index (χ3n) is 9.01. The van der Waals surface area contributed by atoms with Gasteiger partial charge in [0.25, 0.3) is 0 Å². The first kappa shape index (κ1) is 27.7. The van der Waals surface area contributed by atoms with Crippen LogP contribution < -0.4 is 21.0 Å². The number of ether oxygens (including phenoxy) is 1. The van der Waals surface area contributed by atoms with Crippen LogP contribution in [0, 0.1) is 5.41 Å². The molecule has 1 amide bonds. The number of rotatable bonds is 8. The molecule has 1 aromatic carbocycles. The second-order valence-corrected chi connectivity index (χ2v) is 14.2. The summed E-state index contributed by atoms with van der Waals surface area (Å²) in [6, 6.07) is 7.46. The number of aryl methyl sites for hydroxylation is 2. The molecule has 13 nitrogen and oxygen atoms in total. The molecule has 0 unspecified atom stereocenters. The first-order chi connectivity index (χ1) is 20.5. The maximum absolute atomic E-state index is 13.3. The number of amides is 1. The maximum atomic E-state index is 13.3. The standard InChI is InChI=1S/C29H34N8O5S/c1-35-16-18(14-31-35)17-6-19(8-20(7-17)33-27(38)42-3)32-26-9-24-25(15-30-26)36(2)28(39)37(24)22-12-29(13-22)10-21(11-29)34-43(40,41)23-4-5-23/h6-9,14-16,21-23,34H,4-5,10-13H2,1-3H3,(H,30,32)(H,33,38). The second kappa shape index (κ2) is 9.95. The molecule has 0 aliphatic heterocycles. The van der Waals surface area contributed by atoms with Gasteiger partial charge in [0.05, 0.1) is 35.8 Å². The van der Waals surface area contributed by atoms with E-state index in [1.54, 1.807) is 34.8 Å². The highest BCUT2D eigenvalue weighted by atomic mass is 32.2. The molecule has 7 rings (SSSR count). The van der Waals surface area contributed by atoms with Crippen LogP contribution in [0.3, 0.4) is 0 Å². The predicted octanol–water partition coefficient (Wildman–Crippen LogP) is 3.62. The molecule has 0 bridgehead atoms. The third kappa shape index (κ3) is 5.07. The molecule has 3 N–H and O–H groups in total. The molecule has 3 heterocycles. The number of anilines is 3. The SMILES string of the molecule is COC(=O)Nc1cc(Nc2cc3c(cn2)n(C)c(=O)n3C2CC3(CC(NS(=O)(=O)C4CC4)C3)C2)cc(-c2cnn(C)c2)c1. The Hall–Kier alpha value is -4.17. The van der Waals surface area contributed by atoms with Crippen LogP contribution in [0.25, 0.3) is 22.2 Å². The zero-order chi connectivity index (χ0) is 30.1. The number of imidazole rings is 1. The average molecular weight is 607 g/mol. The van der Waals surface area contributed by atoms with E-state index in [2.05, 4.69) is 25.4 Å². The van der Waals surface area contributed by atoms with Crippen molar-refractivity contribution in [3.05, 3.63) is 53.3 Å². The Balaban J connectivity index is 1.13. The Bertz CT molecular complexity index is 1910. The van der Waals surface area contributed by atoms with Crippen LogP contribution in [-0.2, 0) is 28.9 Å². The average Bonchev–Trinajstić information content (AvgIpc) is 3.66. The normalized spacial score (nSPS) is 23.1. The summed E-state index contributed by atoms with van der Waals surface area (Å²) >= 11 is 0. The third-order valence-corrected chi connectivity index (χ3v) is 11.0. The van der Waals surface area contributed by atoms with E-state index in [1.807, 2.05) is 36.0 Å². The summed E-state index contributed by atoms with van der Waals surface area (Å²) < 4.78 is 37.5. The molecule has 0 atom stereocenters. The summed E-state index contributed by atoms with van der Waals surface area (Å²) in [4.78, 5) is 29.9. The quantitative estimate of drug-likeness (QED) is 0.275. The molecule has 3 fully saturated rings. The summed E-state index contributed by atoms with van der Waals surface area (Å²) in [5.74, 6) is 0.548. The molecule has 43 heavy (non-hydrogen) atoms. The molecule has 14 heteroatoms. The van der Waals surface area contributed by atoms with Crippen LogP contribution >= 0.6 is 0 Å². The summed E-state index contributed by atoms with van der Waals surface area (Å²) in [7, 11) is 1.70. The smallest absolute Gasteiger partial charge is 0.411 e. The lowest BCUT2D eigenvalue weighted by Gasteiger charge is -2.57.